The number of imidazole rings is 1. The van der Waals surface area contributed by atoms with Crippen LogP contribution in [0.2, 0.25) is 0 Å². The zero-order chi connectivity index (χ0) is 23.3. The van der Waals surface area contributed by atoms with Gasteiger partial charge in [-0.25, -0.2) is 4.98 Å². The van der Waals surface area contributed by atoms with Gasteiger partial charge in [-0.2, -0.15) is 0 Å². The number of carbonyl (C=O) groups excluding carboxylic acids is 2. The first-order chi connectivity index (χ1) is 15.4. The second-order valence-electron chi connectivity index (χ2n) is 8.32. The topological polar surface area (TPSA) is 71.3 Å². The largest absolute Gasteiger partial charge is 0.336 e. The Bertz CT molecular complexity index is 1050. The predicted octanol–water partition coefficient (Wildman–Crippen LogP) is 4.13. The van der Waals surface area contributed by atoms with Gasteiger partial charge in [0.05, 0.1) is 17.6 Å². The molecular weight excluding hydrogens is 402 g/mol. The Labute approximate surface area is 190 Å². The van der Waals surface area contributed by atoms with Crippen LogP contribution < -0.4 is 0 Å². The fraction of sp³-hybridized carbons (Fsp3) is 0.440. The molecule has 0 aliphatic carbocycles. The van der Waals surface area contributed by atoms with Crippen molar-refractivity contribution in [3.8, 4) is 0 Å². The average molecular weight is 436 g/mol. The van der Waals surface area contributed by atoms with E-state index in [4.69, 9.17) is 4.98 Å². The van der Waals surface area contributed by atoms with Crippen molar-refractivity contribution in [2.45, 2.75) is 65.7 Å². The van der Waals surface area contributed by atoms with Crippen LogP contribution in [0.3, 0.4) is 0 Å². The molecule has 3 rings (SSSR count). The Kier molecular flexibility index (Phi) is 7.62. The van der Waals surface area contributed by atoms with Crippen LogP contribution in [-0.4, -0.2) is 55.3 Å². The number of aromatic nitrogens is 3. The van der Waals surface area contributed by atoms with Crippen LogP contribution in [-0.2, 0) is 17.9 Å². The number of benzene rings is 1. The molecule has 1 aromatic carbocycles. The smallest absolute Gasteiger partial charge is 0.254 e. The van der Waals surface area contributed by atoms with Gasteiger partial charge in [-0.05, 0) is 51.0 Å². The van der Waals surface area contributed by atoms with Crippen LogP contribution in [0.1, 0.15) is 56.7 Å². The Hall–Kier alpha value is -3.22. The van der Waals surface area contributed by atoms with E-state index in [1.807, 2.05) is 33.7 Å². The van der Waals surface area contributed by atoms with Crippen molar-refractivity contribution in [3.05, 3.63) is 60.2 Å². The number of hydrogen-bond donors (Lipinski definition) is 0. The van der Waals surface area contributed by atoms with E-state index >= 15 is 0 Å². The van der Waals surface area contributed by atoms with Crippen LogP contribution in [0.5, 0.6) is 0 Å². The molecule has 0 bridgehead atoms. The predicted molar refractivity (Wildman–Crippen MR) is 126 cm³/mol. The number of rotatable bonds is 9. The maximum atomic E-state index is 13.4. The summed E-state index contributed by atoms with van der Waals surface area (Å²) in [4.78, 5) is 38.6. The molecule has 0 aliphatic heterocycles. The Morgan fingerprint density at radius 2 is 1.62 bits per heavy atom. The van der Waals surface area contributed by atoms with E-state index < -0.39 is 0 Å². The Balaban J connectivity index is 1.92. The third kappa shape index (κ3) is 4.98. The van der Waals surface area contributed by atoms with Crippen molar-refractivity contribution in [3.63, 3.8) is 0 Å². The van der Waals surface area contributed by atoms with Gasteiger partial charge in [-0.15, -0.1) is 0 Å². The van der Waals surface area contributed by atoms with Crippen molar-refractivity contribution >= 4 is 22.8 Å². The minimum atomic E-state index is -0.113. The molecule has 170 valence electrons. The maximum Gasteiger partial charge on any atom is 0.254 e. The molecule has 0 radical (unpaired) electrons. The van der Waals surface area contributed by atoms with Crippen molar-refractivity contribution in [1.29, 1.82) is 0 Å². The van der Waals surface area contributed by atoms with Crippen LogP contribution in [0, 0.1) is 0 Å². The van der Waals surface area contributed by atoms with Gasteiger partial charge in [0.2, 0.25) is 5.91 Å². The van der Waals surface area contributed by atoms with Crippen LogP contribution >= 0.6 is 0 Å². The average Bonchev–Trinajstić information content (AvgIpc) is 3.15. The monoisotopic (exact) mass is 435 g/mol. The summed E-state index contributed by atoms with van der Waals surface area (Å²) < 4.78 is 1.95. The molecule has 0 spiro atoms. The molecule has 32 heavy (non-hydrogen) atoms. The third-order valence-corrected chi connectivity index (χ3v) is 6.10. The highest BCUT2D eigenvalue weighted by Crippen LogP contribution is 2.20. The minimum absolute atomic E-state index is 0.0706. The summed E-state index contributed by atoms with van der Waals surface area (Å²) in [6.45, 7) is 8.89. The fourth-order valence-electron chi connectivity index (χ4n) is 3.96. The summed E-state index contributed by atoms with van der Waals surface area (Å²) in [6, 6.07) is 11.5. The second-order valence-corrected chi connectivity index (χ2v) is 8.32. The van der Waals surface area contributed by atoms with Crippen LogP contribution in [0.25, 0.3) is 11.0 Å². The molecule has 2 amide bonds. The second kappa shape index (κ2) is 10.4. The molecule has 3 aromatic rings. The summed E-state index contributed by atoms with van der Waals surface area (Å²) in [6.07, 6.45) is 5.01. The Morgan fingerprint density at radius 1 is 1.00 bits per heavy atom. The van der Waals surface area contributed by atoms with Gasteiger partial charge in [0.25, 0.3) is 5.91 Å². The zero-order valence-corrected chi connectivity index (χ0v) is 19.7. The molecule has 2 aromatic heterocycles. The number of amides is 2. The van der Waals surface area contributed by atoms with E-state index in [0.29, 0.717) is 17.9 Å². The molecule has 0 N–H and O–H groups in total. The van der Waals surface area contributed by atoms with Crippen molar-refractivity contribution < 1.29 is 9.59 Å². The molecule has 0 saturated heterocycles. The van der Waals surface area contributed by atoms with Crippen LogP contribution in [0.15, 0.2) is 48.8 Å². The SMILES string of the molecule is CCC(C)N(C(=O)Cn1c(CN(C)C(=O)c2ccncc2)nc2ccccc21)C(C)CC. The number of nitrogens with zero attached hydrogens (tertiary/aromatic N) is 5. The zero-order valence-electron chi connectivity index (χ0n) is 19.7. The van der Waals surface area contributed by atoms with Gasteiger partial charge in [0, 0.05) is 37.1 Å². The lowest BCUT2D eigenvalue weighted by atomic mass is 10.1. The number of fused-ring (bicyclic) bond motifs is 1. The molecule has 7 heteroatoms. The highest BCUT2D eigenvalue weighted by molar-refractivity contribution is 5.93. The lowest BCUT2D eigenvalue weighted by Crippen LogP contribution is -2.46. The van der Waals surface area contributed by atoms with E-state index in [1.165, 1.54) is 0 Å². The van der Waals surface area contributed by atoms with Crippen molar-refractivity contribution in [2.24, 2.45) is 0 Å². The third-order valence-electron chi connectivity index (χ3n) is 6.10. The summed E-state index contributed by atoms with van der Waals surface area (Å²) >= 11 is 0. The van der Waals surface area contributed by atoms with Gasteiger partial charge >= 0.3 is 0 Å². The van der Waals surface area contributed by atoms with E-state index in [9.17, 15) is 9.59 Å². The highest BCUT2D eigenvalue weighted by Gasteiger charge is 2.26. The lowest BCUT2D eigenvalue weighted by molar-refractivity contribution is -0.136. The lowest BCUT2D eigenvalue weighted by Gasteiger charge is -2.34. The molecule has 2 heterocycles. The van der Waals surface area contributed by atoms with E-state index in [2.05, 4.69) is 32.7 Å². The molecule has 2 unspecified atom stereocenters. The Morgan fingerprint density at radius 3 is 2.25 bits per heavy atom. The van der Waals surface area contributed by atoms with Crippen molar-refractivity contribution in [1.82, 2.24) is 24.3 Å². The van der Waals surface area contributed by atoms with E-state index in [-0.39, 0.29) is 30.4 Å². The maximum absolute atomic E-state index is 13.4. The standard InChI is InChI=1S/C25H33N5O2/c1-6-18(3)30(19(4)7-2)24(31)17-29-22-11-9-8-10-21(22)27-23(29)16-28(5)25(32)20-12-14-26-15-13-20/h8-15,18-19H,6-7,16-17H2,1-5H3. The van der Waals surface area contributed by atoms with Gasteiger partial charge in [0.15, 0.2) is 0 Å². The first-order valence-electron chi connectivity index (χ1n) is 11.3. The number of pyridine rings is 1. The summed E-state index contributed by atoms with van der Waals surface area (Å²) in [5.41, 5.74) is 2.29. The molecule has 0 fully saturated rings. The minimum Gasteiger partial charge on any atom is -0.336 e. The summed E-state index contributed by atoms with van der Waals surface area (Å²) in [5.74, 6) is 0.650. The number of carbonyl (C=O) groups is 2. The molecule has 7 nitrogen and oxygen atoms in total. The fourth-order valence-corrected chi connectivity index (χ4v) is 3.96. The normalized spacial score (nSPS) is 13.0. The molecular formula is C25H33N5O2. The molecule has 0 saturated carbocycles. The van der Waals surface area contributed by atoms with Gasteiger partial charge in [-0.3, -0.25) is 14.6 Å². The number of para-hydroxylation sites is 2. The van der Waals surface area contributed by atoms with Crippen LogP contribution in [0.4, 0.5) is 0 Å². The number of hydrogen-bond acceptors (Lipinski definition) is 4. The van der Waals surface area contributed by atoms with Gasteiger partial charge in [-0.1, -0.05) is 26.0 Å². The molecule has 2 atom stereocenters. The van der Waals surface area contributed by atoms with E-state index in [0.717, 1.165) is 23.9 Å². The first-order valence-corrected chi connectivity index (χ1v) is 11.3. The molecule has 0 aliphatic rings. The van der Waals surface area contributed by atoms with Gasteiger partial charge < -0.3 is 14.4 Å². The summed E-state index contributed by atoms with van der Waals surface area (Å²) in [5, 5.41) is 0. The highest BCUT2D eigenvalue weighted by atomic mass is 16.2. The summed E-state index contributed by atoms with van der Waals surface area (Å²) in [7, 11) is 1.75. The van der Waals surface area contributed by atoms with Gasteiger partial charge in [0.1, 0.15) is 12.4 Å². The van der Waals surface area contributed by atoms with E-state index in [1.54, 1.807) is 36.5 Å². The quantitative estimate of drug-likeness (QED) is 0.507. The van der Waals surface area contributed by atoms with Crippen molar-refractivity contribution in [2.75, 3.05) is 7.05 Å². The first kappa shape index (κ1) is 23.4.